The van der Waals surface area contributed by atoms with Gasteiger partial charge in [-0.3, -0.25) is 9.97 Å². The molecule has 0 aliphatic rings. The fraction of sp³-hybridized carbons (Fsp3) is 0.222. The minimum absolute atomic E-state index is 0.332. The molecule has 0 amide bonds. The van der Waals surface area contributed by atoms with Crippen molar-refractivity contribution in [2.24, 2.45) is 5.73 Å². The number of pyridine rings is 2. The van der Waals surface area contributed by atoms with Crippen molar-refractivity contribution in [3.8, 4) is 23.3 Å². The van der Waals surface area contributed by atoms with Crippen molar-refractivity contribution >= 4 is 33.9 Å². The van der Waals surface area contributed by atoms with Crippen LogP contribution in [-0.2, 0) is 6.61 Å². The molecule has 0 bridgehead atoms. The second-order valence-corrected chi connectivity index (χ2v) is 8.40. The Kier molecular flexibility index (Phi) is 8.06. The number of nitrogens with zero attached hydrogens (tertiary/aromatic N) is 3. The number of hydrogen-bond donors (Lipinski definition) is 2. The molecule has 8 nitrogen and oxygen atoms in total. The van der Waals surface area contributed by atoms with Gasteiger partial charge in [-0.25, -0.2) is 0 Å². The number of rotatable bonds is 10. The number of nitrogens with two attached hydrogens (primary N) is 1. The summed E-state index contributed by atoms with van der Waals surface area (Å²) < 4.78 is 17.2. The van der Waals surface area contributed by atoms with Gasteiger partial charge >= 0.3 is 0 Å². The molecule has 0 aliphatic carbocycles. The molecule has 0 fully saturated rings. The Labute approximate surface area is 214 Å². The van der Waals surface area contributed by atoms with E-state index < -0.39 is 0 Å². The van der Waals surface area contributed by atoms with Crippen LogP contribution in [0.25, 0.3) is 10.9 Å². The molecular formula is C27H26ClN5O3. The first-order valence-electron chi connectivity index (χ1n) is 11.4. The third-order valence-electron chi connectivity index (χ3n) is 5.57. The molecule has 0 unspecified atom stereocenters. The molecule has 0 spiro atoms. The van der Waals surface area contributed by atoms with Crippen LogP contribution in [0.15, 0.2) is 54.9 Å². The van der Waals surface area contributed by atoms with Gasteiger partial charge in [0.05, 0.1) is 46.9 Å². The van der Waals surface area contributed by atoms with Crippen molar-refractivity contribution in [2.75, 3.05) is 25.6 Å². The second kappa shape index (κ2) is 11.6. The Balaban J connectivity index is 1.62. The van der Waals surface area contributed by atoms with Gasteiger partial charge < -0.3 is 25.3 Å². The van der Waals surface area contributed by atoms with E-state index >= 15 is 0 Å². The van der Waals surface area contributed by atoms with Crippen molar-refractivity contribution in [3.05, 3.63) is 76.7 Å². The Bertz CT molecular complexity index is 1420. The minimum atomic E-state index is 0.332. The number of halogens is 1. The molecule has 0 aliphatic heterocycles. The number of aryl methyl sites for hydroxylation is 1. The Morgan fingerprint density at radius 2 is 1.97 bits per heavy atom. The summed E-state index contributed by atoms with van der Waals surface area (Å²) in [4.78, 5) is 8.78. The van der Waals surface area contributed by atoms with Crippen LogP contribution in [0.5, 0.6) is 17.2 Å². The lowest BCUT2D eigenvalue weighted by atomic mass is 10.1. The first kappa shape index (κ1) is 25.0. The van der Waals surface area contributed by atoms with E-state index in [0.717, 1.165) is 11.3 Å². The van der Waals surface area contributed by atoms with Crippen molar-refractivity contribution < 1.29 is 14.2 Å². The molecule has 0 saturated heterocycles. The highest BCUT2D eigenvalue weighted by Gasteiger charge is 2.16. The van der Waals surface area contributed by atoms with Gasteiger partial charge in [-0.05, 0) is 49.7 Å². The summed E-state index contributed by atoms with van der Waals surface area (Å²) in [6.45, 7) is 3.31. The molecule has 0 radical (unpaired) electrons. The first-order chi connectivity index (χ1) is 17.5. The summed E-state index contributed by atoms with van der Waals surface area (Å²) >= 11 is 6.58. The van der Waals surface area contributed by atoms with Gasteiger partial charge in [0.15, 0.2) is 11.5 Å². The lowest BCUT2D eigenvalue weighted by molar-refractivity contribution is 0.292. The lowest BCUT2D eigenvalue weighted by Crippen LogP contribution is -2.07. The summed E-state index contributed by atoms with van der Waals surface area (Å²) in [5.74, 6) is 1.69. The number of nitrogens with one attached hydrogen (secondary N) is 1. The zero-order chi connectivity index (χ0) is 25.5. The summed E-state index contributed by atoms with van der Waals surface area (Å²) in [7, 11) is 1.56. The van der Waals surface area contributed by atoms with E-state index in [-0.39, 0.29) is 0 Å². The molecule has 2 aromatic heterocycles. The molecule has 0 saturated carbocycles. The van der Waals surface area contributed by atoms with E-state index in [9.17, 15) is 5.26 Å². The van der Waals surface area contributed by atoms with E-state index in [1.807, 2.05) is 25.1 Å². The van der Waals surface area contributed by atoms with Gasteiger partial charge in [-0.1, -0.05) is 17.7 Å². The summed E-state index contributed by atoms with van der Waals surface area (Å²) in [6.07, 6.45) is 3.97. The molecule has 2 heterocycles. The topological polar surface area (TPSA) is 115 Å². The highest BCUT2D eigenvalue weighted by molar-refractivity contribution is 6.33. The number of methoxy groups -OCH3 is 1. The quantitative estimate of drug-likeness (QED) is 0.272. The predicted octanol–water partition coefficient (Wildman–Crippen LogP) is 5.52. The van der Waals surface area contributed by atoms with Crippen LogP contribution in [0.3, 0.4) is 0 Å². The van der Waals surface area contributed by atoms with E-state index in [1.54, 1.807) is 37.6 Å². The Hall–Kier alpha value is -4.06. The maximum atomic E-state index is 9.74. The number of anilines is 2. The Morgan fingerprint density at radius 1 is 1.11 bits per heavy atom. The largest absolute Gasteiger partial charge is 0.493 e. The van der Waals surface area contributed by atoms with Gasteiger partial charge in [0.25, 0.3) is 0 Å². The molecule has 3 N–H and O–H groups in total. The van der Waals surface area contributed by atoms with E-state index in [2.05, 4.69) is 21.4 Å². The van der Waals surface area contributed by atoms with Gasteiger partial charge in [0.1, 0.15) is 18.4 Å². The number of hydrogen-bond acceptors (Lipinski definition) is 8. The van der Waals surface area contributed by atoms with Crippen molar-refractivity contribution in [3.63, 3.8) is 0 Å². The first-order valence-corrected chi connectivity index (χ1v) is 11.8. The average Bonchev–Trinajstić information content (AvgIpc) is 2.89. The van der Waals surface area contributed by atoms with Crippen molar-refractivity contribution in [2.45, 2.75) is 20.0 Å². The monoisotopic (exact) mass is 503 g/mol. The van der Waals surface area contributed by atoms with Crippen molar-refractivity contribution in [1.29, 1.82) is 5.26 Å². The third kappa shape index (κ3) is 5.60. The minimum Gasteiger partial charge on any atom is -0.493 e. The summed E-state index contributed by atoms with van der Waals surface area (Å²) in [6, 6.07) is 15.0. The number of ether oxygens (including phenoxy) is 3. The molecule has 36 heavy (non-hydrogen) atoms. The maximum absolute atomic E-state index is 9.74. The average molecular weight is 504 g/mol. The molecule has 0 atom stereocenters. The number of nitriles is 1. The van der Waals surface area contributed by atoms with E-state index in [0.29, 0.717) is 76.3 Å². The summed E-state index contributed by atoms with van der Waals surface area (Å²) in [5, 5.41) is 14.2. The van der Waals surface area contributed by atoms with Crippen LogP contribution in [-0.4, -0.2) is 30.2 Å². The van der Waals surface area contributed by atoms with Gasteiger partial charge in [-0.2, -0.15) is 5.26 Å². The SMILES string of the molecule is COc1cc2c(Nc3ccc(OCc4ncccc4C)cc3Cl)c(C#N)cnc2cc1OCCCN. The van der Waals surface area contributed by atoms with Gasteiger partial charge in [0.2, 0.25) is 0 Å². The zero-order valence-electron chi connectivity index (χ0n) is 20.0. The van der Waals surface area contributed by atoms with Crippen LogP contribution in [0, 0.1) is 18.3 Å². The van der Waals surface area contributed by atoms with E-state index in [4.69, 9.17) is 31.5 Å². The fourth-order valence-electron chi connectivity index (χ4n) is 3.60. The number of benzene rings is 2. The zero-order valence-corrected chi connectivity index (χ0v) is 20.8. The molecular weight excluding hydrogens is 478 g/mol. The second-order valence-electron chi connectivity index (χ2n) is 7.99. The lowest BCUT2D eigenvalue weighted by Gasteiger charge is -2.16. The number of fused-ring (bicyclic) bond motifs is 1. The molecule has 2 aromatic carbocycles. The molecule has 184 valence electrons. The van der Waals surface area contributed by atoms with Gasteiger partial charge in [0, 0.05) is 29.9 Å². The standard InChI is InChI=1S/C27H26ClN5O3/c1-17-5-3-9-31-24(17)16-36-19-6-7-22(21(28)11-19)33-27-18(14-30)15-32-23-13-26(35-10-4-8-29)25(34-2)12-20(23)27/h3,5-7,9,11-13,15H,4,8,10,16,29H2,1-2H3,(H,32,33). The smallest absolute Gasteiger partial charge is 0.163 e. The molecule has 4 rings (SSSR count). The number of aromatic nitrogens is 2. The molecule has 9 heteroatoms. The van der Waals surface area contributed by atoms with Crippen molar-refractivity contribution in [1.82, 2.24) is 9.97 Å². The van der Waals surface area contributed by atoms with Crippen LogP contribution >= 0.6 is 11.6 Å². The highest BCUT2D eigenvalue weighted by Crippen LogP contribution is 2.38. The highest BCUT2D eigenvalue weighted by atomic mass is 35.5. The van der Waals surface area contributed by atoms with Crippen LogP contribution in [0.1, 0.15) is 23.2 Å². The fourth-order valence-corrected chi connectivity index (χ4v) is 3.82. The predicted molar refractivity (Wildman–Crippen MR) is 140 cm³/mol. The maximum Gasteiger partial charge on any atom is 0.163 e. The van der Waals surface area contributed by atoms with Crippen LogP contribution in [0.4, 0.5) is 11.4 Å². The Morgan fingerprint density at radius 3 is 2.69 bits per heavy atom. The van der Waals surface area contributed by atoms with Gasteiger partial charge in [-0.15, -0.1) is 0 Å². The summed E-state index contributed by atoms with van der Waals surface area (Å²) in [5.41, 5.74) is 9.66. The van der Waals surface area contributed by atoms with E-state index in [1.165, 1.54) is 6.20 Å². The molecule has 4 aromatic rings. The normalized spacial score (nSPS) is 10.6. The van der Waals surface area contributed by atoms with Crippen LogP contribution < -0.4 is 25.3 Å². The third-order valence-corrected chi connectivity index (χ3v) is 5.89. The van der Waals surface area contributed by atoms with Crippen LogP contribution in [0.2, 0.25) is 5.02 Å².